The average molecular weight is 358 g/mol. The minimum atomic E-state index is -0.209. The molecule has 4 nitrogen and oxygen atoms in total. The second kappa shape index (κ2) is 6.71. The highest BCUT2D eigenvalue weighted by molar-refractivity contribution is 7.80. The number of thiol groups is 1. The third kappa shape index (κ3) is 4.54. The van der Waals surface area contributed by atoms with E-state index in [1.807, 2.05) is 6.07 Å². The zero-order valence-corrected chi connectivity index (χ0v) is 16.6. The number of aromatic hydroxyl groups is 1. The SMILES string of the molecule is CC(C)(C)c1cc(N=Nc2cc(S)ccc2N)c(O)c(C(C)(C)C)c1. The smallest absolute Gasteiger partial charge is 0.146 e. The summed E-state index contributed by atoms with van der Waals surface area (Å²) in [4.78, 5) is 0.756. The quantitative estimate of drug-likeness (QED) is 0.336. The van der Waals surface area contributed by atoms with E-state index in [1.54, 1.807) is 18.2 Å². The molecule has 0 fully saturated rings. The van der Waals surface area contributed by atoms with Crippen LogP contribution in [0.1, 0.15) is 52.7 Å². The molecule has 2 rings (SSSR count). The lowest BCUT2D eigenvalue weighted by Crippen LogP contribution is -2.16. The van der Waals surface area contributed by atoms with Crippen LogP contribution in [0.15, 0.2) is 45.5 Å². The number of rotatable bonds is 2. The van der Waals surface area contributed by atoms with Gasteiger partial charge in [0.2, 0.25) is 0 Å². The van der Waals surface area contributed by atoms with Crippen molar-refractivity contribution in [3.05, 3.63) is 41.5 Å². The Labute approximate surface area is 155 Å². The third-order valence-electron chi connectivity index (χ3n) is 4.04. The number of phenolic OH excluding ortho intramolecular Hbond substituents is 1. The monoisotopic (exact) mass is 357 g/mol. The van der Waals surface area contributed by atoms with E-state index in [1.165, 1.54) is 0 Å². The first-order valence-corrected chi connectivity index (χ1v) is 8.72. The molecule has 0 spiro atoms. The van der Waals surface area contributed by atoms with E-state index in [4.69, 9.17) is 5.73 Å². The molecule has 0 saturated carbocycles. The van der Waals surface area contributed by atoms with Crippen LogP contribution in [0, 0.1) is 0 Å². The number of nitrogen functional groups attached to an aromatic ring is 1. The van der Waals surface area contributed by atoms with Gasteiger partial charge < -0.3 is 10.8 Å². The van der Waals surface area contributed by atoms with Crippen LogP contribution in [0.5, 0.6) is 5.75 Å². The van der Waals surface area contributed by atoms with Gasteiger partial charge in [-0.3, -0.25) is 0 Å². The van der Waals surface area contributed by atoms with Gasteiger partial charge in [0.15, 0.2) is 0 Å². The minimum Gasteiger partial charge on any atom is -0.505 e. The maximum absolute atomic E-state index is 10.7. The second-order valence-corrected chi connectivity index (χ2v) is 8.85. The predicted molar refractivity (Wildman–Crippen MR) is 108 cm³/mol. The largest absolute Gasteiger partial charge is 0.505 e. The van der Waals surface area contributed by atoms with Crippen molar-refractivity contribution in [3.63, 3.8) is 0 Å². The molecule has 0 amide bonds. The third-order valence-corrected chi connectivity index (χ3v) is 4.32. The molecule has 2 aromatic rings. The molecule has 0 saturated heterocycles. The van der Waals surface area contributed by atoms with Crippen LogP contribution in [0.2, 0.25) is 0 Å². The number of hydrogen-bond acceptors (Lipinski definition) is 5. The predicted octanol–water partition coefficient (Wildman–Crippen LogP) is 6.27. The van der Waals surface area contributed by atoms with Gasteiger partial charge in [-0.2, -0.15) is 0 Å². The molecule has 134 valence electrons. The normalized spacial score (nSPS) is 12.8. The van der Waals surface area contributed by atoms with E-state index in [-0.39, 0.29) is 16.6 Å². The Morgan fingerprint density at radius 2 is 1.48 bits per heavy atom. The average Bonchev–Trinajstić information content (AvgIpc) is 2.47. The van der Waals surface area contributed by atoms with E-state index in [2.05, 4.69) is 70.5 Å². The Hall–Kier alpha value is -2.01. The summed E-state index contributed by atoms with van der Waals surface area (Å²) in [5.41, 5.74) is 9.11. The van der Waals surface area contributed by atoms with Gasteiger partial charge in [0.25, 0.3) is 0 Å². The summed E-state index contributed by atoms with van der Waals surface area (Å²) in [7, 11) is 0. The van der Waals surface area contributed by atoms with Crippen molar-refractivity contribution < 1.29 is 5.11 Å². The summed E-state index contributed by atoms with van der Waals surface area (Å²) in [5, 5.41) is 19.2. The Balaban J connectivity index is 2.60. The number of azo groups is 1. The van der Waals surface area contributed by atoms with E-state index < -0.39 is 0 Å². The first kappa shape index (κ1) is 19.3. The van der Waals surface area contributed by atoms with Crippen LogP contribution >= 0.6 is 12.6 Å². The highest BCUT2D eigenvalue weighted by Gasteiger charge is 2.25. The fourth-order valence-corrected chi connectivity index (χ4v) is 2.62. The highest BCUT2D eigenvalue weighted by atomic mass is 32.1. The van der Waals surface area contributed by atoms with Crippen molar-refractivity contribution in [2.75, 3.05) is 5.73 Å². The van der Waals surface area contributed by atoms with Crippen molar-refractivity contribution in [2.45, 2.75) is 57.3 Å². The number of nitrogens with two attached hydrogens (primary N) is 1. The molecular weight excluding hydrogens is 330 g/mol. The van der Waals surface area contributed by atoms with Crippen molar-refractivity contribution in [1.29, 1.82) is 0 Å². The van der Waals surface area contributed by atoms with Gasteiger partial charge in [0.05, 0.1) is 5.69 Å². The number of anilines is 1. The van der Waals surface area contributed by atoms with Gasteiger partial charge in [-0.15, -0.1) is 22.9 Å². The first-order chi connectivity index (χ1) is 11.4. The maximum atomic E-state index is 10.7. The first-order valence-electron chi connectivity index (χ1n) is 8.28. The van der Waals surface area contributed by atoms with Crippen LogP contribution in [0.3, 0.4) is 0 Å². The van der Waals surface area contributed by atoms with Crippen molar-refractivity contribution in [1.82, 2.24) is 0 Å². The molecule has 0 aliphatic rings. The summed E-state index contributed by atoms with van der Waals surface area (Å²) < 4.78 is 0. The zero-order valence-electron chi connectivity index (χ0n) is 15.8. The maximum Gasteiger partial charge on any atom is 0.146 e. The fraction of sp³-hybridized carbons (Fsp3) is 0.400. The Bertz CT molecular complexity index is 815. The molecule has 25 heavy (non-hydrogen) atoms. The number of benzene rings is 2. The Morgan fingerprint density at radius 3 is 2.04 bits per heavy atom. The van der Waals surface area contributed by atoms with Gasteiger partial charge in [-0.1, -0.05) is 47.6 Å². The highest BCUT2D eigenvalue weighted by Crippen LogP contribution is 2.42. The van der Waals surface area contributed by atoms with E-state index in [9.17, 15) is 5.11 Å². The lowest BCUT2D eigenvalue weighted by Gasteiger charge is -2.26. The van der Waals surface area contributed by atoms with E-state index in [0.29, 0.717) is 17.1 Å². The van der Waals surface area contributed by atoms with Crippen LogP contribution < -0.4 is 5.73 Å². The van der Waals surface area contributed by atoms with Gasteiger partial charge in [-0.05, 0) is 40.7 Å². The van der Waals surface area contributed by atoms with Gasteiger partial charge in [0, 0.05) is 10.5 Å². The summed E-state index contributed by atoms with van der Waals surface area (Å²) in [6.45, 7) is 12.6. The number of nitrogens with zero attached hydrogens (tertiary/aromatic N) is 2. The number of hydrogen-bond donors (Lipinski definition) is 3. The van der Waals surface area contributed by atoms with Crippen molar-refractivity contribution in [2.24, 2.45) is 10.2 Å². The lowest BCUT2D eigenvalue weighted by molar-refractivity contribution is 0.446. The standard InChI is InChI=1S/C20H27N3OS/c1-19(2,3)12-9-14(20(4,5)6)18(24)17(10-12)23-22-16-11-13(25)7-8-15(16)21/h7-11,24-25H,21H2,1-6H3. The molecular formula is C20H27N3OS. The summed E-state index contributed by atoms with van der Waals surface area (Å²) in [6.07, 6.45) is 0. The zero-order chi connectivity index (χ0) is 19.0. The molecule has 0 unspecified atom stereocenters. The van der Waals surface area contributed by atoms with Gasteiger partial charge >= 0.3 is 0 Å². The second-order valence-electron chi connectivity index (χ2n) is 8.33. The summed E-state index contributed by atoms with van der Waals surface area (Å²) >= 11 is 4.30. The molecule has 0 heterocycles. The van der Waals surface area contributed by atoms with Gasteiger partial charge in [-0.25, -0.2) is 0 Å². The molecule has 5 heteroatoms. The molecule has 3 N–H and O–H groups in total. The topological polar surface area (TPSA) is 71.0 Å². The Morgan fingerprint density at radius 1 is 0.880 bits per heavy atom. The molecule has 0 aliphatic heterocycles. The lowest BCUT2D eigenvalue weighted by atomic mass is 9.80. The van der Waals surface area contributed by atoms with Gasteiger partial charge in [0.1, 0.15) is 17.1 Å². The molecule has 0 aliphatic carbocycles. The van der Waals surface area contributed by atoms with Crippen LogP contribution in [-0.2, 0) is 10.8 Å². The summed E-state index contributed by atoms with van der Waals surface area (Å²) in [5.74, 6) is 0.157. The molecule has 0 atom stereocenters. The van der Waals surface area contributed by atoms with E-state index in [0.717, 1.165) is 16.0 Å². The van der Waals surface area contributed by atoms with Crippen LogP contribution in [0.25, 0.3) is 0 Å². The van der Waals surface area contributed by atoms with E-state index >= 15 is 0 Å². The van der Waals surface area contributed by atoms with Crippen molar-refractivity contribution in [3.8, 4) is 5.75 Å². The molecule has 2 aromatic carbocycles. The summed E-state index contributed by atoms with van der Waals surface area (Å²) in [6, 6.07) is 9.22. The fourth-order valence-electron chi connectivity index (χ4n) is 2.43. The van der Waals surface area contributed by atoms with Crippen molar-refractivity contribution >= 4 is 29.7 Å². The minimum absolute atomic E-state index is 0.0674. The van der Waals surface area contributed by atoms with Crippen LogP contribution in [0.4, 0.5) is 17.1 Å². The van der Waals surface area contributed by atoms with Crippen LogP contribution in [-0.4, -0.2) is 5.11 Å². The molecule has 0 bridgehead atoms. The number of phenols is 1. The Kier molecular flexibility index (Phi) is 5.19. The molecule has 0 aromatic heterocycles. The molecule has 0 radical (unpaired) electrons.